The lowest BCUT2D eigenvalue weighted by molar-refractivity contribution is -0.121. The minimum atomic E-state index is -0.192. The molecule has 1 amide bonds. The quantitative estimate of drug-likeness (QED) is 0.704. The van der Waals surface area contributed by atoms with Crippen molar-refractivity contribution in [1.29, 1.82) is 0 Å². The van der Waals surface area contributed by atoms with Crippen LogP contribution in [0.5, 0.6) is 0 Å². The lowest BCUT2D eigenvalue weighted by Gasteiger charge is -2.20. The van der Waals surface area contributed by atoms with E-state index in [0.717, 1.165) is 48.4 Å². The molecule has 0 saturated carbocycles. The first kappa shape index (κ1) is 19.9. The van der Waals surface area contributed by atoms with Crippen LogP contribution in [0.3, 0.4) is 0 Å². The van der Waals surface area contributed by atoms with Crippen LogP contribution in [0.25, 0.3) is 11.0 Å². The van der Waals surface area contributed by atoms with Crippen LogP contribution in [-0.2, 0) is 24.2 Å². The van der Waals surface area contributed by atoms with Crippen LogP contribution < -0.4 is 10.9 Å². The maximum absolute atomic E-state index is 12.8. The second-order valence-corrected chi connectivity index (χ2v) is 8.53. The molecule has 0 saturated heterocycles. The van der Waals surface area contributed by atoms with E-state index < -0.39 is 0 Å². The van der Waals surface area contributed by atoms with Gasteiger partial charge in [-0.25, -0.2) is 9.97 Å². The number of carbonyl (C=O) groups is 1. The third-order valence-electron chi connectivity index (χ3n) is 4.87. The smallest absolute Gasteiger partial charge is 0.263 e. The number of hydrogen-bond donors (Lipinski definition) is 1. The standard InChI is InChI=1S/C20H28N4O2S/c1-3-8-27-9-4-7-21-18(25)12-24-13-22-19-16(20(24)26)11-15-10-14(2)5-6-17(15)23-19/h11,13-14H,3-10,12H2,1-2H3,(H,21,25). The zero-order valence-electron chi connectivity index (χ0n) is 16.2. The molecule has 2 heterocycles. The molecule has 0 spiro atoms. The van der Waals surface area contributed by atoms with Crippen LogP contribution in [0.15, 0.2) is 17.2 Å². The SMILES string of the molecule is CCCSCCCNC(=O)Cn1cnc2nc3c(cc2c1=O)CC(C)CC3. The van der Waals surface area contributed by atoms with Gasteiger partial charge in [0.25, 0.3) is 5.56 Å². The fraction of sp³-hybridized carbons (Fsp3) is 0.600. The van der Waals surface area contributed by atoms with Crippen molar-refractivity contribution in [2.45, 2.75) is 52.5 Å². The third-order valence-corrected chi connectivity index (χ3v) is 6.15. The number of pyridine rings is 1. The Kier molecular flexibility index (Phi) is 6.88. The summed E-state index contributed by atoms with van der Waals surface area (Å²) in [5, 5.41) is 3.39. The Morgan fingerprint density at radius 1 is 1.41 bits per heavy atom. The number of hydrogen-bond acceptors (Lipinski definition) is 5. The Morgan fingerprint density at radius 2 is 2.26 bits per heavy atom. The molecule has 2 aromatic rings. The van der Waals surface area contributed by atoms with Crippen molar-refractivity contribution in [1.82, 2.24) is 19.9 Å². The molecular formula is C20H28N4O2S. The van der Waals surface area contributed by atoms with Gasteiger partial charge in [0.2, 0.25) is 5.91 Å². The number of thioether (sulfide) groups is 1. The Balaban J connectivity index is 1.66. The molecule has 6 nitrogen and oxygen atoms in total. The number of aryl methyl sites for hydroxylation is 1. The lowest BCUT2D eigenvalue weighted by Crippen LogP contribution is -2.33. The Bertz CT molecular complexity index is 865. The maximum Gasteiger partial charge on any atom is 0.263 e. The number of rotatable bonds is 8. The molecule has 1 atom stereocenters. The molecule has 0 fully saturated rings. The number of amides is 1. The fourth-order valence-electron chi connectivity index (χ4n) is 3.39. The lowest BCUT2D eigenvalue weighted by atomic mass is 9.87. The fourth-order valence-corrected chi connectivity index (χ4v) is 4.24. The number of carbonyl (C=O) groups excluding carboxylic acids is 1. The van der Waals surface area contributed by atoms with Crippen molar-refractivity contribution in [2.24, 2.45) is 5.92 Å². The van der Waals surface area contributed by atoms with Gasteiger partial charge in [-0.15, -0.1) is 0 Å². The molecule has 27 heavy (non-hydrogen) atoms. The molecule has 0 bridgehead atoms. The second-order valence-electron chi connectivity index (χ2n) is 7.31. The molecule has 0 aliphatic heterocycles. The van der Waals surface area contributed by atoms with Gasteiger partial charge in [-0.3, -0.25) is 14.2 Å². The molecule has 3 rings (SSSR count). The largest absolute Gasteiger partial charge is 0.355 e. The van der Waals surface area contributed by atoms with Crippen LogP contribution >= 0.6 is 11.8 Å². The highest BCUT2D eigenvalue weighted by molar-refractivity contribution is 7.99. The minimum absolute atomic E-state index is 0.00262. The molecule has 0 radical (unpaired) electrons. The van der Waals surface area contributed by atoms with Crippen molar-refractivity contribution in [3.8, 4) is 0 Å². The van der Waals surface area contributed by atoms with Crippen LogP contribution in [0.1, 0.15) is 44.4 Å². The highest BCUT2D eigenvalue weighted by Crippen LogP contribution is 2.25. The summed E-state index contributed by atoms with van der Waals surface area (Å²) in [6.45, 7) is 5.02. The zero-order valence-corrected chi connectivity index (χ0v) is 17.0. The Morgan fingerprint density at radius 3 is 3.07 bits per heavy atom. The van der Waals surface area contributed by atoms with Gasteiger partial charge in [-0.2, -0.15) is 11.8 Å². The summed E-state index contributed by atoms with van der Waals surface area (Å²) in [6.07, 6.45) is 6.56. The van der Waals surface area contributed by atoms with Gasteiger partial charge in [-0.1, -0.05) is 13.8 Å². The molecule has 146 valence electrons. The van der Waals surface area contributed by atoms with E-state index in [0.29, 0.717) is 23.5 Å². The van der Waals surface area contributed by atoms with Crippen LogP contribution in [0.4, 0.5) is 0 Å². The average molecular weight is 389 g/mol. The number of nitrogens with one attached hydrogen (secondary N) is 1. The second kappa shape index (κ2) is 9.35. The number of fused-ring (bicyclic) bond motifs is 2. The summed E-state index contributed by atoms with van der Waals surface area (Å²) in [6, 6.07) is 1.93. The van der Waals surface area contributed by atoms with E-state index in [9.17, 15) is 9.59 Å². The molecule has 2 aromatic heterocycles. The highest BCUT2D eigenvalue weighted by Gasteiger charge is 2.19. The normalized spacial score (nSPS) is 16.3. The average Bonchev–Trinajstić information content (AvgIpc) is 2.66. The molecule has 1 unspecified atom stereocenters. The van der Waals surface area contributed by atoms with E-state index >= 15 is 0 Å². The molecule has 1 aliphatic rings. The van der Waals surface area contributed by atoms with Crippen LogP contribution in [-0.4, -0.2) is 38.5 Å². The first-order valence-electron chi connectivity index (χ1n) is 9.81. The van der Waals surface area contributed by atoms with Gasteiger partial charge in [0.05, 0.1) is 5.39 Å². The van der Waals surface area contributed by atoms with E-state index in [1.54, 1.807) is 0 Å². The predicted molar refractivity (Wildman–Crippen MR) is 110 cm³/mol. The summed E-state index contributed by atoms with van der Waals surface area (Å²) in [5.41, 5.74) is 2.50. The summed E-state index contributed by atoms with van der Waals surface area (Å²) < 4.78 is 1.38. The van der Waals surface area contributed by atoms with Gasteiger partial charge < -0.3 is 5.32 Å². The topological polar surface area (TPSA) is 76.9 Å². The number of aromatic nitrogens is 3. The van der Waals surface area contributed by atoms with E-state index in [-0.39, 0.29) is 18.0 Å². The van der Waals surface area contributed by atoms with Crippen molar-refractivity contribution in [3.63, 3.8) is 0 Å². The molecule has 7 heteroatoms. The highest BCUT2D eigenvalue weighted by atomic mass is 32.2. The minimum Gasteiger partial charge on any atom is -0.355 e. The van der Waals surface area contributed by atoms with E-state index in [2.05, 4.69) is 29.1 Å². The molecule has 1 aliphatic carbocycles. The summed E-state index contributed by atoms with van der Waals surface area (Å²) >= 11 is 1.90. The molecule has 0 aromatic carbocycles. The van der Waals surface area contributed by atoms with Crippen molar-refractivity contribution < 1.29 is 4.79 Å². The number of nitrogens with zero attached hydrogens (tertiary/aromatic N) is 3. The summed E-state index contributed by atoms with van der Waals surface area (Å²) in [7, 11) is 0. The van der Waals surface area contributed by atoms with Gasteiger partial charge in [-0.05, 0) is 61.2 Å². The first-order valence-corrected chi connectivity index (χ1v) is 11.0. The van der Waals surface area contributed by atoms with Gasteiger partial charge in [0.15, 0.2) is 5.65 Å². The van der Waals surface area contributed by atoms with Crippen molar-refractivity contribution >= 4 is 28.7 Å². The van der Waals surface area contributed by atoms with Gasteiger partial charge >= 0.3 is 0 Å². The van der Waals surface area contributed by atoms with Crippen LogP contribution in [0.2, 0.25) is 0 Å². The van der Waals surface area contributed by atoms with E-state index in [4.69, 9.17) is 0 Å². The zero-order chi connectivity index (χ0) is 19.2. The molecular weight excluding hydrogens is 360 g/mol. The van der Waals surface area contributed by atoms with E-state index in [1.165, 1.54) is 17.3 Å². The third kappa shape index (κ3) is 5.09. The predicted octanol–water partition coefficient (Wildman–Crippen LogP) is 2.57. The maximum atomic E-state index is 12.8. The van der Waals surface area contributed by atoms with Gasteiger partial charge in [0.1, 0.15) is 12.9 Å². The van der Waals surface area contributed by atoms with Crippen molar-refractivity contribution in [2.75, 3.05) is 18.1 Å². The van der Waals surface area contributed by atoms with Crippen molar-refractivity contribution in [3.05, 3.63) is 34.0 Å². The summed E-state index contributed by atoms with van der Waals surface area (Å²) in [4.78, 5) is 33.8. The monoisotopic (exact) mass is 388 g/mol. The summed E-state index contributed by atoms with van der Waals surface area (Å²) in [5.74, 6) is 2.65. The van der Waals surface area contributed by atoms with E-state index in [1.807, 2.05) is 17.8 Å². The van der Waals surface area contributed by atoms with Gasteiger partial charge in [0, 0.05) is 12.2 Å². The molecule has 1 N–H and O–H groups in total. The Hall–Kier alpha value is -1.89. The van der Waals surface area contributed by atoms with Crippen LogP contribution in [0, 0.1) is 5.92 Å². The first-order chi connectivity index (χ1) is 13.1. The Labute approximate surface area is 164 Å².